The molecule has 3 aliphatic rings. The van der Waals surface area contributed by atoms with Gasteiger partial charge in [-0.15, -0.1) is 0 Å². The van der Waals surface area contributed by atoms with Gasteiger partial charge < -0.3 is 19.3 Å². The fourth-order valence-corrected chi connectivity index (χ4v) is 4.74. The van der Waals surface area contributed by atoms with Gasteiger partial charge in [-0.05, 0) is 39.3 Å². The van der Waals surface area contributed by atoms with Crippen LogP contribution in [0.1, 0.15) is 50.4 Å². The number of amides is 3. The van der Waals surface area contributed by atoms with Gasteiger partial charge in [-0.3, -0.25) is 19.7 Å². The van der Waals surface area contributed by atoms with Crippen molar-refractivity contribution in [2.45, 2.75) is 45.6 Å². The van der Waals surface area contributed by atoms with Crippen molar-refractivity contribution >= 4 is 29.4 Å². The highest BCUT2D eigenvalue weighted by Gasteiger charge is 2.54. The predicted octanol–water partition coefficient (Wildman–Crippen LogP) is 2.38. The Bertz CT molecular complexity index is 984. The quantitative estimate of drug-likeness (QED) is 0.535. The van der Waals surface area contributed by atoms with Gasteiger partial charge in [-0.2, -0.15) is 0 Å². The van der Waals surface area contributed by atoms with Gasteiger partial charge >= 0.3 is 6.09 Å². The van der Waals surface area contributed by atoms with Crippen LogP contribution in [0.15, 0.2) is 18.2 Å². The number of imide groups is 1. The Kier molecular flexibility index (Phi) is 5.84. The number of methoxy groups -OCH3 is 1. The van der Waals surface area contributed by atoms with Crippen LogP contribution in [0.2, 0.25) is 0 Å². The van der Waals surface area contributed by atoms with E-state index in [4.69, 9.17) is 9.47 Å². The summed E-state index contributed by atoms with van der Waals surface area (Å²) in [5.41, 5.74) is 0.968. The lowest BCUT2D eigenvalue weighted by atomic mass is 9.73. The van der Waals surface area contributed by atoms with Crippen LogP contribution in [0.5, 0.6) is 5.75 Å². The van der Waals surface area contributed by atoms with E-state index in [0.29, 0.717) is 30.8 Å². The van der Waals surface area contributed by atoms with Gasteiger partial charge in [-0.1, -0.05) is 0 Å². The van der Waals surface area contributed by atoms with E-state index < -0.39 is 11.5 Å². The molecule has 1 aromatic rings. The lowest BCUT2D eigenvalue weighted by molar-refractivity contribution is -0.136. The largest absolute Gasteiger partial charge is 0.496 e. The van der Waals surface area contributed by atoms with Gasteiger partial charge in [0.25, 0.3) is 0 Å². The van der Waals surface area contributed by atoms with Gasteiger partial charge in [0.05, 0.1) is 12.7 Å². The fraction of sp³-hybridized carbons (Fsp3) is 0.583. The molecule has 0 bridgehead atoms. The zero-order valence-electron chi connectivity index (χ0n) is 19.6. The summed E-state index contributed by atoms with van der Waals surface area (Å²) in [4.78, 5) is 52.3. The van der Waals surface area contributed by atoms with Crippen LogP contribution in [0, 0.1) is 11.3 Å². The molecule has 1 aromatic carbocycles. The lowest BCUT2D eigenvalue weighted by Crippen LogP contribution is -2.73. The normalized spacial score (nSPS) is 21.8. The third-order valence-electron chi connectivity index (χ3n) is 6.39. The van der Waals surface area contributed by atoms with Crippen molar-refractivity contribution in [1.82, 2.24) is 10.2 Å². The van der Waals surface area contributed by atoms with Crippen LogP contribution in [0.3, 0.4) is 0 Å². The van der Waals surface area contributed by atoms with Crippen molar-refractivity contribution in [2.75, 3.05) is 38.2 Å². The molecule has 9 nitrogen and oxygen atoms in total. The van der Waals surface area contributed by atoms with Crippen LogP contribution in [0.4, 0.5) is 10.5 Å². The highest BCUT2D eigenvalue weighted by Crippen LogP contribution is 2.43. The van der Waals surface area contributed by atoms with Crippen LogP contribution in [-0.4, -0.2) is 67.5 Å². The van der Waals surface area contributed by atoms with E-state index in [-0.39, 0.29) is 41.9 Å². The molecule has 0 radical (unpaired) electrons. The van der Waals surface area contributed by atoms with Crippen LogP contribution in [-0.2, 0) is 14.3 Å². The maximum Gasteiger partial charge on any atom is 0.410 e. The number of hydrogen-bond acceptors (Lipinski definition) is 7. The molecule has 9 heteroatoms. The van der Waals surface area contributed by atoms with Crippen molar-refractivity contribution in [1.29, 1.82) is 0 Å². The van der Waals surface area contributed by atoms with E-state index in [1.54, 1.807) is 11.0 Å². The highest BCUT2D eigenvalue weighted by atomic mass is 16.6. The first-order valence-electron chi connectivity index (χ1n) is 11.3. The van der Waals surface area contributed by atoms with E-state index in [2.05, 4.69) is 10.2 Å². The molecule has 33 heavy (non-hydrogen) atoms. The van der Waals surface area contributed by atoms with Crippen molar-refractivity contribution < 1.29 is 28.7 Å². The summed E-state index contributed by atoms with van der Waals surface area (Å²) in [5.74, 6) is -0.892. The number of nitrogens with zero attached hydrogens (tertiary/aromatic N) is 2. The SMILES string of the molecule is COc1cc(N2CC3(CN(C(=O)OC(C)(C)C)C3)C2)ccc1C(=O)CC1CCC(=O)NC1=O. The van der Waals surface area contributed by atoms with E-state index >= 15 is 0 Å². The smallest absolute Gasteiger partial charge is 0.410 e. The second-order valence-corrected chi connectivity index (χ2v) is 10.4. The molecule has 1 spiro atoms. The third kappa shape index (κ3) is 4.82. The summed E-state index contributed by atoms with van der Waals surface area (Å²) in [6, 6.07) is 5.47. The number of benzene rings is 1. The number of ether oxygens (including phenoxy) is 2. The van der Waals surface area contributed by atoms with E-state index in [1.165, 1.54) is 7.11 Å². The number of anilines is 1. The van der Waals surface area contributed by atoms with E-state index in [1.807, 2.05) is 32.9 Å². The number of ketones is 1. The molecule has 0 aliphatic carbocycles. The zero-order chi connectivity index (χ0) is 24.0. The maximum absolute atomic E-state index is 12.8. The van der Waals surface area contributed by atoms with Crippen molar-refractivity contribution in [3.63, 3.8) is 0 Å². The zero-order valence-corrected chi connectivity index (χ0v) is 19.6. The second-order valence-electron chi connectivity index (χ2n) is 10.4. The molecule has 3 fully saturated rings. The molecule has 1 unspecified atom stereocenters. The first-order chi connectivity index (χ1) is 15.5. The first kappa shape index (κ1) is 23.1. The average molecular weight is 458 g/mol. The number of rotatable bonds is 5. The van der Waals surface area contributed by atoms with Gasteiger partial charge in [0, 0.05) is 62.1 Å². The molecular formula is C24H31N3O6. The molecular weight excluding hydrogens is 426 g/mol. The lowest BCUT2D eigenvalue weighted by Gasteiger charge is -2.60. The van der Waals surface area contributed by atoms with E-state index in [0.717, 1.165) is 18.8 Å². The molecule has 3 aliphatic heterocycles. The molecule has 3 saturated heterocycles. The Hall–Kier alpha value is -3.10. The number of Topliss-reactive ketones (excluding diaryl/α,β-unsaturated/α-hetero) is 1. The minimum atomic E-state index is -0.501. The molecule has 0 saturated carbocycles. The number of hydrogen-bond donors (Lipinski definition) is 1. The fourth-order valence-electron chi connectivity index (χ4n) is 4.74. The number of likely N-dealkylation sites (tertiary alicyclic amines) is 1. The van der Waals surface area contributed by atoms with E-state index in [9.17, 15) is 19.2 Å². The number of carbonyl (C=O) groups excluding carboxylic acids is 4. The Morgan fingerprint density at radius 2 is 1.85 bits per heavy atom. The number of carbonyl (C=O) groups is 4. The standard InChI is InChI=1S/C24H31N3O6/c1-23(2,3)33-22(31)27-13-24(14-27)11-26(12-24)16-6-7-17(19(10-16)32-4)18(28)9-15-5-8-20(29)25-21(15)30/h6-7,10,15H,5,8-9,11-14H2,1-4H3,(H,25,29,30). The molecule has 178 valence electrons. The van der Waals surface area contributed by atoms with Gasteiger partial charge in [-0.25, -0.2) is 4.79 Å². The summed E-state index contributed by atoms with van der Waals surface area (Å²) >= 11 is 0. The second kappa shape index (κ2) is 8.35. The summed E-state index contributed by atoms with van der Waals surface area (Å²) in [6.45, 7) is 8.57. The molecule has 1 atom stereocenters. The summed E-state index contributed by atoms with van der Waals surface area (Å²) in [5, 5.41) is 2.29. The van der Waals surface area contributed by atoms with Crippen molar-refractivity contribution in [3.05, 3.63) is 23.8 Å². The first-order valence-corrected chi connectivity index (χ1v) is 11.3. The molecule has 3 amide bonds. The highest BCUT2D eigenvalue weighted by molar-refractivity contribution is 6.04. The summed E-state index contributed by atoms with van der Waals surface area (Å²) in [7, 11) is 1.52. The predicted molar refractivity (Wildman–Crippen MR) is 120 cm³/mol. The molecule has 3 heterocycles. The Morgan fingerprint density at radius 1 is 1.15 bits per heavy atom. The average Bonchev–Trinajstić information content (AvgIpc) is 2.66. The number of piperidine rings is 1. The monoisotopic (exact) mass is 457 g/mol. The minimum Gasteiger partial charge on any atom is -0.496 e. The molecule has 1 N–H and O–H groups in total. The molecule has 0 aromatic heterocycles. The maximum atomic E-state index is 12.8. The Balaban J connectivity index is 1.34. The molecule has 4 rings (SSSR count). The van der Waals surface area contributed by atoms with Crippen LogP contribution in [0.25, 0.3) is 0 Å². The van der Waals surface area contributed by atoms with Crippen LogP contribution >= 0.6 is 0 Å². The van der Waals surface area contributed by atoms with Gasteiger partial charge in [0.15, 0.2) is 5.78 Å². The van der Waals surface area contributed by atoms with Crippen molar-refractivity contribution in [3.8, 4) is 5.75 Å². The van der Waals surface area contributed by atoms with Gasteiger partial charge in [0.2, 0.25) is 11.8 Å². The third-order valence-corrected chi connectivity index (χ3v) is 6.39. The van der Waals surface area contributed by atoms with Gasteiger partial charge in [0.1, 0.15) is 11.4 Å². The Labute approximate surface area is 193 Å². The van der Waals surface area contributed by atoms with Crippen LogP contribution < -0.4 is 15.0 Å². The van der Waals surface area contributed by atoms with Crippen molar-refractivity contribution in [2.24, 2.45) is 11.3 Å². The Morgan fingerprint density at radius 3 is 2.45 bits per heavy atom. The number of nitrogens with one attached hydrogen (secondary N) is 1. The summed E-state index contributed by atoms with van der Waals surface area (Å²) < 4.78 is 10.9. The minimum absolute atomic E-state index is 0.0438. The topological polar surface area (TPSA) is 105 Å². The summed E-state index contributed by atoms with van der Waals surface area (Å²) in [6.07, 6.45) is 0.406.